The van der Waals surface area contributed by atoms with Crippen LogP contribution in [0.25, 0.3) is 21.9 Å². The summed E-state index contributed by atoms with van der Waals surface area (Å²) >= 11 is 0. The molecule has 0 aliphatic carbocycles. The SMILES string of the molecule is CC.CC.CC.Cc1ccc(-c2ccccc2)cc1C.Cc1ccc(Cc2ccccc2)cc1C.Cc1cccc2cccc(C)c12.Cc1ccccc1C. The molecule has 0 aliphatic rings. The molecule has 290 valence electrons. The third kappa shape index (κ3) is 16.8. The smallest absolute Gasteiger partial charge is 0.00257 e. The Kier molecular flexibility index (Phi) is 23.8. The van der Waals surface area contributed by atoms with E-state index in [4.69, 9.17) is 0 Å². The van der Waals surface area contributed by atoms with Crippen molar-refractivity contribution < 1.29 is 0 Å². The predicted octanol–water partition coefficient (Wildman–Crippen LogP) is 16.7. The van der Waals surface area contributed by atoms with Crippen LogP contribution in [-0.2, 0) is 6.42 Å². The van der Waals surface area contributed by atoms with Crippen LogP contribution < -0.4 is 0 Å². The molecule has 0 N–H and O–H groups in total. The average Bonchev–Trinajstić information content (AvgIpc) is 3.22. The number of aryl methyl sites for hydroxylation is 8. The van der Waals surface area contributed by atoms with Crippen molar-refractivity contribution in [3.8, 4) is 11.1 Å². The summed E-state index contributed by atoms with van der Waals surface area (Å²) in [5.74, 6) is 0. The van der Waals surface area contributed by atoms with Gasteiger partial charge < -0.3 is 0 Å². The highest BCUT2D eigenvalue weighted by atomic mass is 14.0. The number of hydrogen-bond donors (Lipinski definition) is 0. The minimum Gasteiger partial charge on any atom is -0.0683 e. The second-order valence-electron chi connectivity index (χ2n) is 13.1. The molecule has 0 heteroatoms. The van der Waals surface area contributed by atoms with Gasteiger partial charge in [0, 0.05) is 0 Å². The maximum atomic E-state index is 2.28. The van der Waals surface area contributed by atoms with Crippen LogP contribution in [0.2, 0.25) is 0 Å². The van der Waals surface area contributed by atoms with Gasteiger partial charge in [-0.3, -0.25) is 0 Å². The van der Waals surface area contributed by atoms with Gasteiger partial charge in [0.1, 0.15) is 0 Å². The quantitative estimate of drug-likeness (QED) is 0.170. The zero-order chi connectivity index (χ0) is 41.2. The predicted molar refractivity (Wildman–Crippen MR) is 250 cm³/mol. The van der Waals surface area contributed by atoms with E-state index >= 15 is 0 Å². The molecule has 0 heterocycles. The molecule has 0 aliphatic heterocycles. The van der Waals surface area contributed by atoms with E-state index < -0.39 is 0 Å². The monoisotopic (exact) mass is 731 g/mol. The summed E-state index contributed by atoms with van der Waals surface area (Å²) in [4.78, 5) is 0. The van der Waals surface area contributed by atoms with Crippen molar-refractivity contribution >= 4 is 10.8 Å². The molecule has 55 heavy (non-hydrogen) atoms. The molecule has 0 bridgehead atoms. The molecule has 0 unspecified atom stereocenters. The zero-order valence-electron chi connectivity index (χ0n) is 36.7. The lowest BCUT2D eigenvalue weighted by Gasteiger charge is -2.05. The highest BCUT2D eigenvalue weighted by Crippen LogP contribution is 2.22. The lowest BCUT2D eigenvalue weighted by Crippen LogP contribution is -1.89. The van der Waals surface area contributed by atoms with Gasteiger partial charge in [0.2, 0.25) is 0 Å². The highest BCUT2D eigenvalue weighted by Gasteiger charge is 2.00. The largest absolute Gasteiger partial charge is 0.0683 e. The van der Waals surface area contributed by atoms with Crippen molar-refractivity contribution in [3.63, 3.8) is 0 Å². The fourth-order valence-corrected chi connectivity index (χ4v) is 5.71. The Hall–Kier alpha value is -5.20. The van der Waals surface area contributed by atoms with Gasteiger partial charge in [-0.05, 0) is 139 Å². The van der Waals surface area contributed by atoms with Crippen LogP contribution in [0, 0.1) is 55.4 Å². The van der Waals surface area contributed by atoms with Gasteiger partial charge in [0.25, 0.3) is 0 Å². The molecule has 0 radical (unpaired) electrons. The van der Waals surface area contributed by atoms with E-state index in [1.807, 2.05) is 47.6 Å². The van der Waals surface area contributed by atoms with Crippen molar-refractivity contribution in [1.82, 2.24) is 0 Å². The topological polar surface area (TPSA) is 0 Å². The van der Waals surface area contributed by atoms with Gasteiger partial charge in [-0.1, -0.05) is 199 Å². The van der Waals surface area contributed by atoms with Crippen molar-refractivity contribution in [2.75, 3.05) is 0 Å². The highest BCUT2D eigenvalue weighted by molar-refractivity contribution is 5.88. The molecule has 7 aromatic carbocycles. The fraction of sp³-hybridized carbons (Fsp3) is 0.273. The van der Waals surface area contributed by atoms with Crippen molar-refractivity contribution in [2.24, 2.45) is 0 Å². The second-order valence-corrected chi connectivity index (χ2v) is 13.1. The van der Waals surface area contributed by atoms with E-state index in [9.17, 15) is 0 Å². The summed E-state index contributed by atoms with van der Waals surface area (Å²) in [5, 5.41) is 2.75. The van der Waals surface area contributed by atoms with Crippen LogP contribution in [-0.4, -0.2) is 0 Å². The first-order valence-corrected chi connectivity index (χ1v) is 20.3. The number of fused-ring (bicyclic) bond motifs is 1. The van der Waals surface area contributed by atoms with Gasteiger partial charge >= 0.3 is 0 Å². The van der Waals surface area contributed by atoms with E-state index in [0.717, 1.165) is 6.42 Å². The first-order valence-electron chi connectivity index (χ1n) is 20.3. The van der Waals surface area contributed by atoms with Crippen molar-refractivity contribution in [2.45, 2.75) is 103 Å². The van der Waals surface area contributed by atoms with Crippen LogP contribution in [0.15, 0.2) is 158 Å². The Morgan fingerprint density at radius 1 is 0.273 bits per heavy atom. The van der Waals surface area contributed by atoms with Crippen LogP contribution >= 0.6 is 0 Å². The molecule has 7 aromatic rings. The first kappa shape index (κ1) is 47.8. The van der Waals surface area contributed by atoms with Crippen molar-refractivity contribution in [1.29, 1.82) is 0 Å². The summed E-state index contributed by atoms with van der Waals surface area (Å²) in [6, 6.07) is 55.6. The average molecular weight is 731 g/mol. The fourth-order valence-electron chi connectivity index (χ4n) is 5.71. The molecule has 0 amide bonds. The Morgan fingerprint density at radius 2 is 0.673 bits per heavy atom. The van der Waals surface area contributed by atoms with Crippen LogP contribution in [0.1, 0.15) is 97.2 Å². The van der Waals surface area contributed by atoms with E-state index in [2.05, 4.69) is 207 Å². The summed E-state index contributed by atoms with van der Waals surface area (Å²) < 4.78 is 0. The van der Waals surface area contributed by atoms with E-state index in [1.165, 1.54) is 77.5 Å². The van der Waals surface area contributed by atoms with E-state index in [-0.39, 0.29) is 0 Å². The molecular formula is C55H70. The minimum atomic E-state index is 1.03. The summed E-state index contributed by atoms with van der Waals surface area (Å²) in [6.07, 6.45) is 1.03. The second kappa shape index (κ2) is 27.4. The minimum absolute atomic E-state index is 1.03. The molecule has 7 rings (SSSR count). The summed E-state index contributed by atoms with van der Waals surface area (Å²) in [5.41, 5.74) is 16.3. The maximum Gasteiger partial charge on any atom is -0.00257 e. The lowest BCUT2D eigenvalue weighted by atomic mass is 10.0. The standard InChI is InChI=1S/C15H16.C14H14.C12H12.C8H10.3C2H6/c1-12-8-9-15(10-13(12)2)11-14-6-4-3-5-7-14;1-11-8-9-14(10-12(11)2)13-6-4-3-5-7-13;1-9-5-3-7-11-8-4-6-10(2)12(9)11;1-7-5-3-4-6-8(7)2;3*1-2/h3-10H,11H2,1-2H3;3-10H,1-2H3;3-8H,1-2H3;3-6H,1-2H3;3*1-2H3. The van der Waals surface area contributed by atoms with Crippen LogP contribution in [0.3, 0.4) is 0 Å². The Labute approximate surface area is 337 Å². The summed E-state index contributed by atoms with van der Waals surface area (Å²) in [6.45, 7) is 29.2. The Morgan fingerprint density at radius 3 is 1.11 bits per heavy atom. The van der Waals surface area contributed by atoms with Gasteiger partial charge in [0.05, 0.1) is 0 Å². The molecule has 0 aromatic heterocycles. The van der Waals surface area contributed by atoms with Gasteiger partial charge in [0.15, 0.2) is 0 Å². The van der Waals surface area contributed by atoms with Crippen LogP contribution in [0.5, 0.6) is 0 Å². The molecule has 0 atom stereocenters. The lowest BCUT2D eigenvalue weighted by molar-refractivity contribution is 1.17. The maximum absolute atomic E-state index is 2.28. The van der Waals surface area contributed by atoms with E-state index in [1.54, 1.807) is 0 Å². The van der Waals surface area contributed by atoms with Crippen LogP contribution in [0.4, 0.5) is 0 Å². The first-order chi connectivity index (χ1) is 26.6. The number of benzene rings is 7. The third-order valence-corrected chi connectivity index (χ3v) is 9.18. The van der Waals surface area contributed by atoms with Crippen molar-refractivity contribution in [3.05, 3.63) is 213 Å². The molecule has 0 spiro atoms. The van der Waals surface area contributed by atoms with Gasteiger partial charge in [-0.2, -0.15) is 0 Å². The number of hydrogen-bond acceptors (Lipinski definition) is 0. The molecule has 0 saturated heterocycles. The number of rotatable bonds is 3. The summed E-state index contributed by atoms with van der Waals surface area (Å²) in [7, 11) is 0. The molecule has 0 nitrogen and oxygen atoms in total. The van der Waals surface area contributed by atoms with E-state index in [0.29, 0.717) is 0 Å². The third-order valence-electron chi connectivity index (χ3n) is 9.18. The molecule has 0 saturated carbocycles. The molecule has 0 fully saturated rings. The Balaban J connectivity index is 0.000000356. The van der Waals surface area contributed by atoms with Gasteiger partial charge in [-0.25, -0.2) is 0 Å². The zero-order valence-corrected chi connectivity index (χ0v) is 36.7. The Bertz CT molecular complexity index is 1990. The normalized spacial score (nSPS) is 9.35. The van der Waals surface area contributed by atoms with Gasteiger partial charge in [-0.15, -0.1) is 0 Å². The molecular weight excluding hydrogens is 661 g/mol.